The highest BCUT2D eigenvalue weighted by molar-refractivity contribution is 4.95. The topological polar surface area (TPSA) is 44.0 Å². The quantitative estimate of drug-likeness (QED) is 0.549. The molecule has 0 saturated heterocycles. The van der Waals surface area contributed by atoms with E-state index in [4.69, 9.17) is 10.4 Å². The second-order valence-corrected chi connectivity index (χ2v) is 2.51. The predicted octanol–water partition coefficient (Wildman–Crippen LogP) is 0.917. The molecule has 8 heavy (non-hydrogen) atoms. The maximum atomic E-state index is 8.86. The lowest BCUT2D eigenvalue weighted by Crippen LogP contribution is -2.23. The molecule has 0 fully saturated rings. The molecule has 0 heterocycles. The average Bonchev–Trinajstić information content (AvgIpc) is 1.67. The number of rotatable bonds is 1. The monoisotopic (exact) mass is 113 g/mol. The van der Waals surface area contributed by atoms with Crippen LogP contribution in [0.25, 0.3) is 0 Å². The second-order valence-electron chi connectivity index (χ2n) is 2.51. The van der Waals surface area contributed by atoms with Crippen LogP contribution < -0.4 is 0 Å². The lowest BCUT2D eigenvalue weighted by Gasteiger charge is -2.17. The van der Waals surface area contributed by atoms with Crippen molar-refractivity contribution < 1.29 is 5.11 Å². The third-order valence-electron chi connectivity index (χ3n) is 1.33. The fraction of sp³-hybridized carbons (Fsp3) is 0.833. The maximum absolute atomic E-state index is 8.86. The van der Waals surface area contributed by atoms with E-state index in [1.54, 1.807) is 20.8 Å². The first-order valence-corrected chi connectivity index (χ1v) is 2.60. The number of nitriles is 1. The minimum Gasteiger partial charge on any atom is -0.392 e. The smallest absolute Gasteiger partial charge is 0.0773 e. The van der Waals surface area contributed by atoms with Gasteiger partial charge in [0.25, 0.3) is 0 Å². The summed E-state index contributed by atoms with van der Waals surface area (Å²) in [6, 6.07) is 1.99. The summed E-state index contributed by atoms with van der Waals surface area (Å²) in [4.78, 5) is 0. The molecule has 0 saturated carbocycles. The van der Waals surface area contributed by atoms with Gasteiger partial charge in [-0.15, -0.1) is 0 Å². The zero-order valence-corrected chi connectivity index (χ0v) is 5.47. The molecule has 0 aromatic rings. The molecule has 0 spiro atoms. The molecule has 0 bridgehead atoms. The van der Waals surface area contributed by atoms with Gasteiger partial charge in [-0.05, 0) is 20.8 Å². The molecule has 46 valence electrons. The largest absolute Gasteiger partial charge is 0.392 e. The molecule has 0 rings (SSSR count). The SMILES string of the molecule is C[C@H](O)C(C)(C)C#N. The van der Waals surface area contributed by atoms with Gasteiger partial charge in [0, 0.05) is 0 Å². The Kier molecular flexibility index (Phi) is 2.00. The van der Waals surface area contributed by atoms with Crippen LogP contribution in [0.3, 0.4) is 0 Å². The third kappa shape index (κ3) is 1.51. The Morgan fingerprint density at radius 3 is 2.00 bits per heavy atom. The molecule has 0 radical (unpaired) electrons. The summed E-state index contributed by atoms with van der Waals surface area (Å²) in [7, 11) is 0. The lowest BCUT2D eigenvalue weighted by atomic mass is 9.90. The molecule has 0 aromatic heterocycles. The molecule has 1 atom stereocenters. The minimum absolute atomic E-state index is 0.549. The molecule has 0 aromatic carbocycles. The van der Waals surface area contributed by atoms with E-state index >= 15 is 0 Å². The van der Waals surface area contributed by atoms with Gasteiger partial charge < -0.3 is 5.11 Å². The molecular formula is C6H11NO. The summed E-state index contributed by atoms with van der Waals surface area (Å²) in [6.07, 6.45) is -0.549. The Balaban J connectivity index is 3.97. The van der Waals surface area contributed by atoms with Gasteiger partial charge in [0.15, 0.2) is 0 Å². The Morgan fingerprint density at radius 2 is 2.00 bits per heavy atom. The average molecular weight is 113 g/mol. The van der Waals surface area contributed by atoms with E-state index in [1.165, 1.54) is 0 Å². The van der Waals surface area contributed by atoms with E-state index in [2.05, 4.69) is 0 Å². The molecule has 2 heteroatoms. The molecule has 0 aliphatic carbocycles. The van der Waals surface area contributed by atoms with Crippen molar-refractivity contribution >= 4 is 0 Å². The van der Waals surface area contributed by atoms with Crippen molar-refractivity contribution in [2.75, 3.05) is 0 Å². The Hall–Kier alpha value is -0.550. The Bertz CT molecular complexity index is 110. The summed E-state index contributed by atoms with van der Waals surface area (Å²) in [6.45, 7) is 5.03. The highest BCUT2D eigenvalue weighted by Gasteiger charge is 2.22. The molecular weight excluding hydrogens is 102 g/mol. The predicted molar refractivity (Wildman–Crippen MR) is 31.1 cm³/mol. The number of aliphatic hydroxyl groups is 1. The summed E-state index contributed by atoms with van der Waals surface area (Å²) >= 11 is 0. The van der Waals surface area contributed by atoms with Crippen LogP contribution in [-0.4, -0.2) is 11.2 Å². The fourth-order valence-electron chi connectivity index (χ4n) is 0.0934. The summed E-state index contributed by atoms with van der Waals surface area (Å²) < 4.78 is 0. The van der Waals surface area contributed by atoms with Gasteiger partial charge in [0.2, 0.25) is 0 Å². The second kappa shape index (κ2) is 2.15. The number of aliphatic hydroxyl groups excluding tert-OH is 1. The first kappa shape index (κ1) is 7.45. The summed E-state index contributed by atoms with van der Waals surface area (Å²) in [5, 5.41) is 17.2. The molecule has 0 amide bonds. The first-order chi connectivity index (χ1) is 3.50. The summed E-state index contributed by atoms with van der Waals surface area (Å²) in [5.74, 6) is 0. The van der Waals surface area contributed by atoms with Gasteiger partial charge in [-0.2, -0.15) is 5.26 Å². The van der Waals surface area contributed by atoms with Crippen LogP contribution in [0.2, 0.25) is 0 Å². The van der Waals surface area contributed by atoms with E-state index in [1.807, 2.05) is 6.07 Å². The van der Waals surface area contributed by atoms with Crippen LogP contribution in [0.1, 0.15) is 20.8 Å². The van der Waals surface area contributed by atoms with E-state index in [9.17, 15) is 0 Å². The minimum atomic E-state index is -0.597. The Labute approximate surface area is 49.8 Å². The zero-order valence-electron chi connectivity index (χ0n) is 5.47. The van der Waals surface area contributed by atoms with E-state index < -0.39 is 11.5 Å². The fourth-order valence-corrected chi connectivity index (χ4v) is 0.0934. The maximum Gasteiger partial charge on any atom is 0.0773 e. The molecule has 0 unspecified atom stereocenters. The number of nitrogens with zero attached hydrogens (tertiary/aromatic N) is 1. The normalized spacial score (nSPS) is 14.9. The summed E-state index contributed by atoms with van der Waals surface area (Å²) in [5.41, 5.74) is -0.597. The van der Waals surface area contributed by atoms with Crippen molar-refractivity contribution in [1.29, 1.82) is 5.26 Å². The van der Waals surface area contributed by atoms with Crippen molar-refractivity contribution in [3.05, 3.63) is 0 Å². The van der Waals surface area contributed by atoms with Crippen LogP contribution in [0.4, 0.5) is 0 Å². The van der Waals surface area contributed by atoms with Crippen LogP contribution in [0, 0.1) is 16.7 Å². The van der Waals surface area contributed by atoms with E-state index in [0.717, 1.165) is 0 Å². The zero-order chi connectivity index (χ0) is 6.78. The van der Waals surface area contributed by atoms with E-state index in [0.29, 0.717) is 0 Å². The van der Waals surface area contributed by atoms with E-state index in [-0.39, 0.29) is 0 Å². The van der Waals surface area contributed by atoms with Crippen LogP contribution in [0.5, 0.6) is 0 Å². The standard InChI is InChI=1S/C6H11NO/c1-5(8)6(2,3)4-7/h5,8H,1-3H3/t5-/m0/s1. The van der Waals surface area contributed by atoms with Gasteiger partial charge in [0.05, 0.1) is 17.6 Å². The highest BCUT2D eigenvalue weighted by atomic mass is 16.3. The first-order valence-electron chi connectivity index (χ1n) is 2.60. The molecule has 0 aliphatic heterocycles. The third-order valence-corrected chi connectivity index (χ3v) is 1.33. The van der Waals surface area contributed by atoms with Crippen molar-refractivity contribution in [3.8, 4) is 6.07 Å². The molecule has 2 nitrogen and oxygen atoms in total. The van der Waals surface area contributed by atoms with Gasteiger partial charge in [-0.3, -0.25) is 0 Å². The molecule has 1 N–H and O–H groups in total. The highest BCUT2D eigenvalue weighted by Crippen LogP contribution is 2.17. The van der Waals surface area contributed by atoms with Gasteiger partial charge in [-0.25, -0.2) is 0 Å². The van der Waals surface area contributed by atoms with Crippen LogP contribution >= 0.6 is 0 Å². The number of hydrogen-bond acceptors (Lipinski definition) is 2. The van der Waals surface area contributed by atoms with Gasteiger partial charge in [-0.1, -0.05) is 0 Å². The Morgan fingerprint density at radius 1 is 1.62 bits per heavy atom. The lowest BCUT2D eigenvalue weighted by molar-refractivity contribution is 0.104. The van der Waals surface area contributed by atoms with Crippen LogP contribution in [-0.2, 0) is 0 Å². The van der Waals surface area contributed by atoms with Crippen LogP contribution in [0.15, 0.2) is 0 Å². The molecule has 0 aliphatic rings. The van der Waals surface area contributed by atoms with Crippen molar-refractivity contribution in [1.82, 2.24) is 0 Å². The van der Waals surface area contributed by atoms with Crippen molar-refractivity contribution in [3.63, 3.8) is 0 Å². The number of hydrogen-bond donors (Lipinski definition) is 1. The van der Waals surface area contributed by atoms with Crippen molar-refractivity contribution in [2.24, 2.45) is 5.41 Å². The van der Waals surface area contributed by atoms with Gasteiger partial charge in [0.1, 0.15) is 0 Å². The van der Waals surface area contributed by atoms with Crippen molar-refractivity contribution in [2.45, 2.75) is 26.9 Å². The van der Waals surface area contributed by atoms with Gasteiger partial charge >= 0.3 is 0 Å².